The van der Waals surface area contributed by atoms with Gasteiger partial charge in [0.15, 0.2) is 5.78 Å². The molecule has 0 saturated heterocycles. The van der Waals surface area contributed by atoms with E-state index in [0.717, 1.165) is 0 Å². The summed E-state index contributed by atoms with van der Waals surface area (Å²) in [6.07, 6.45) is -0.757. The Hall–Kier alpha value is -4.73. The molecule has 0 spiro atoms. The number of ether oxygens (including phenoxy) is 1. The molecule has 45 heavy (non-hydrogen) atoms. The monoisotopic (exact) mass is 637 g/mol. The van der Waals surface area contributed by atoms with Crippen molar-refractivity contribution >= 4 is 47.3 Å². The highest BCUT2D eigenvalue weighted by Crippen LogP contribution is 2.12. The van der Waals surface area contributed by atoms with Crippen molar-refractivity contribution < 1.29 is 43.4 Å². The molecule has 252 valence electrons. The number of rotatable bonds is 19. The summed E-state index contributed by atoms with van der Waals surface area (Å²) >= 11 is 0. The molecule has 1 aromatic rings. The number of hydrogen-bond donors (Lipinski definition) is 8. The Morgan fingerprint density at radius 2 is 1.51 bits per heavy atom. The molecule has 0 aliphatic rings. The van der Waals surface area contributed by atoms with Crippen LogP contribution in [0.2, 0.25) is 0 Å². The van der Waals surface area contributed by atoms with Gasteiger partial charge in [0, 0.05) is 18.7 Å². The van der Waals surface area contributed by atoms with Crippen LogP contribution in [0.15, 0.2) is 24.3 Å². The van der Waals surface area contributed by atoms with E-state index in [-0.39, 0.29) is 63.2 Å². The normalized spacial score (nSPS) is 11.5. The number of ketones is 1. The predicted octanol–water partition coefficient (Wildman–Crippen LogP) is 0.605. The summed E-state index contributed by atoms with van der Waals surface area (Å²) in [4.78, 5) is 83.5. The second kappa shape index (κ2) is 22.8. The van der Waals surface area contributed by atoms with Gasteiger partial charge >= 0.3 is 12.2 Å². The lowest BCUT2D eigenvalue weighted by atomic mass is 10.0. The molecular formula is C29H47N7O9. The zero-order valence-electron chi connectivity index (χ0n) is 26.5. The van der Waals surface area contributed by atoms with Gasteiger partial charge in [-0.15, -0.1) is 0 Å². The molecule has 0 aliphatic heterocycles. The molecule has 0 bridgehead atoms. The van der Waals surface area contributed by atoms with Crippen molar-refractivity contribution in [2.45, 2.75) is 72.6 Å². The van der Waals surface area contributed by atoms with Gasteiger partial charge in [-0.2, -0.15) is 0 Å². The van der Waals surface area contributed by atoms with Crippen LogP contribution in [0.1, 0.15) is 59.4 Å². The minimum atomic E-state index is -1.42. The topological polar surface area (TPSA) is 247 Å². The van der Waals surface area contributed by atoms with Crippen LogP contribution in [0.25, 0.3) is 0 Å². The molecule has 16 heteroatoms. The molecule has 9 N–H and O–H groups in total. The van der Waals surface area contributed by atoms with E-state index in [1.165, 1.54) is 0 Å². The number of carboxylic acid groups (broad SMARTS) is 1. The summed E-state index contributed by atoms with van der Waals surface area (Å²) in [5.74, 6) is -2.70. The van der Waals surface area contributed by atoms with Crippen LogP contribution in [-0.4, -0.2) is 85.0 Å². The number of nitrogens with two attached hydrogens (primary N) is 1. The quantitative estimate of drug-likeness (QED) is 0.0775. The van der Waals surface area contributed by atoms with Crippen LogP contribution in [0.4, 0.5) is 15.3 Å². The summed E-state index contributed by atoms with van der Waals surface area (Å²) in [5.41, 5.74) is 6.02. The van der Waals surface area contributed by atoms with Gasteiger partial charge in [0.1, 0.15) is 18.7 Å². The van der Waals surface area contributed by atoms with Gasteiger partial charge in [0.05, 0.1) is 19.6 Å². The fraction of sp³-hybridized carbons (Fsp3) is 0.552. The van der Waals surface area contributed by atoms with Crippen molar-refractivity contribution in [3.63, 3.8) is 0 Å². The minimum Gasteiger partial charge on any atom is -0.450 e. The second-order valence-electron chi connectivity index (χ2n) is 9.80. The Morgan fingerprint density at radius 3 is 2.07 bits per heavy atom. The van der Waals surface area contributed by atoms with Crippen molar-refractivity contribution in [2.24, 2.45) is 11.7 Å². The van der Waals surface area contributed by atoms with Crippen molar-refractivity contribution in [3.05, 3.63) is 29.8 Å². The Bertz CT molecular complexity index is 1130. The lowest BCUT2D eigenvalue weighted by molar-refractivity contribution is -0.131. The number of benzene rings is 1. The number of primary amides is 1. The Kier molecular flexibility index (Phi) is 20.4. The number of hydrogen-bond acceptors (Lipinski definition) is 9. The zero-order valence-corrected chi connectivity index (χ0v) is 26.5. The van der Waals surface area contributed by atoms with E-state index >= 15 is 0 Å². The van der Waals surface area contributed by atoms with E-state index in [0.29, 0.717) is 17.7 Å². The van der Waals surface area contributed by atoms with Crippen molar-refractivity contribution in [2.75, 3.05) is 31.5 Å². The number of carbonyl (C=O) groups is 7. The van der Waals surface area contributed by atoms with E-state index in [9.17, 15) is 33.6 Å². The van der Waals surface area contributed by atoms with E-state index in [2.05, 4.69) is 36.6 Å². The van der Waals surface area contributed by atoms with Crippen LogP contribution >= 0.6 is 0 Å². The Balaban J connectivity index is 0.00000947. The van der Waals surface area contributed by atoms with Gasteiger partial charge in [-0.3, -0.25) is 24.0 Å². The van der Waals surface area contributed by atoms with E-state index in [4.69, 9.17) is 10.8 Å². The highest BCUT2D eigenvalue weighted by atomic mass is 16.7. The van der Waals surface area contributed by atoms with Crippen molar-refractivity contribution in [1.29, 1.82) is 0 Å². The first-order valence-corrected chi connectivity index (χ1v) is 14.7. The standard InChI is InChI=1S/C27H41N7O9.C2H6/c1-4-21(36)31-13-19(35)12-29-14-22(37)34-23(16(2)3)25(39)33-20(6-5-11-30-26(28)40)24(38)32-18-9-7-17(8-10-18)15-43-27(41)42;1-2/h7-10,16,20,23,29H,4-6,11-15H2,1-3H3,(H,31,36)(H,32,38)(H,33,39)(H,34,37)(H,41,42)(H3,28,30,40);1-2H3/t20-,23?;/m0./s1. The molecular weight excluding hydrogens is 590 g/mol. The molecule has 6 amide bonds. The van der Waals surface area contributed by atoms with Gasteiger partial charge in [-0.05, 0) is 36.5 Å². The van der Waals surface area contributed by atoms with Crippen molar-refractivity contribution in [3.8, 4) is 0 Å². The molecule has 16 nitrogen and oxygen atoms in total. The fourth-order valence-corrected chi connectivity index (χ4v) is 3.57. The van der Waals surface area contributed by atoms with Crippen LogP contribution in [0.5, 0.6) is 0 Å². The summed E-state index contributed by atoms with van der Waals surface area (Å²) in [7, 11) is 0. The minimum absolute atomic E-state index is 0.124. The first-order valence-electron chi connectivity index (χ1n) is 14.7. The van der Waals surface area contributed by atoms with Crippen LogP contribution < -0.4 is 37.6 Å². The van der Waals surface area contributed by atoms with Gasteiger partial charge < -0.3 is 47.5 Å². The molecule has 0 aliphatic carbocycles. The third-order valence-corrected chi connectivity index (χ3v) is 5.86. The number of Topliss-reactive ketones (excluding diaryl/α,β-unsaturated/α-hetero) is 1. The number of urea groups is 1. The first-order chi connectivity index (χ1) is 21.3. The maximum absolute atomic E-state index is 13.2. The lowest BCUT2D eigenvalue weighted by Crippen LogP contribution is -2.55. The average molecular weight is 638 g/mol. The van der Waals surface area contributed by atoms with Gasteiger partial charge in [0.25, 0.3) is 0 Å². The summed E-state index contributed by atoms with van der Waals surface area (Å²) < 4.78 is 4.51. The molecule has 2 atom stereocenters. The maximum Gasteiger partial charge on any atom is 0.506 e. The van der Waals surface area contributed by atoms with Crippen LogP contribution in [0.3, 0.4) is 0 Å². The molecule has 1 unspecified atom stereocenters. The summed E-state index contributed by atoms with van der Waals surface area (Å²) in [6.45, 7) is 8.47. The van der Waals surface area contributed by atoms with Crippen molar-refractivity contribution in [1.82, 2.24) is 26.6 Å². The SMILES string of the molecule is CC.CCC(=O)NCC(=O)CNCC(=O)NC(C(=O)N[C@@H](CCCNC(N)=O)C(=O)Nc1ccc(COC(=O)O)cc1)C(C)C. The number of carbonyl (C=O) groups excluding carboxylic acids is 6. The number of amides is 6. The molecule has 0 fully saturated rings. The van der Waals surface area contributed by atoms with Crippen LogP contribution in [0, 0.1) is 5.92 Å². The van der Waals surface area contributed by atoms with E-state index in [1.54, 1.807) is 45.0 Å². The maximum atomic E-state index is 13.2. The van der Waals surface area contributed by atoms with Gasteiger partial charge in [-0.25, -0.2) is 9.59 Å². The van der Waals surface area contributed by atoms with Crippen LogP contribution in [-0.2, 0) is 35.3 Å². The molecule has 0 radical (unpaired) electrons. The molecule has 1 aromatic carbocycles. The van der Waals surface area contributed by atoms with E-state index < -0.39 is 42.0 Å². The molecule has 1 rings (SSSR count). The molecule has 0 aromatic heterocycles. The molecule has 0 heterocycles. The highest BCUT2D eigenvalue weighted by Gasteiger charge is 2.28. The average Bonchev–Trinajstić information content (AvgIpc) is 3.00. The summed E-state index contributed by atoms with van der Waals surface area (Å²) in [5, 5.41) is 24.1. The van der Waals surface area contributed by atoms with E-state index in [1.807, 2.05) is 13.8 Å². The highest BCUT2D eigenvalue weighted by molar-refractivity contribution is 5.98. The largest absolute Gasteiger partial charge is 0.506 e. The van der Waals surface area contributed by atoms with Gasteiger partial charge in [0.2, 0.25) is 23.6 Å². The molecule has 0 saturated carbocycles. The lowest BCUT2D eigenvalue weighted by Gasteiger charge is -2.25. The fourth-order valence-electron chi connectivity index (χ4n) is 3.57. The number of nitrogens with one attached hydrogen (secondary N) is 6. The Labute approximate surface area is 263 Å². The zero-order chi connectivity index (χ0) is 34.4. The third kappa shape index (κ3) is 18.5. The smallest absolute Gasteiger partial charge is 0.450 e. The Morgan fingerprint density at radius 1 is 0.867 bits per heavy atom. The second-order valence-corrected chi connectivity index (χ2v) is 9.80. The summed E-state index contributed by atoms with van der Waals surface area (Å²) in [6, 6.07) is 3.41. The van der Waals surface area contributed by atoms with Gasteiger partial charge in [-0.1, -0.05) is 46.8 Å². The third-order valence-electron chi connectivity index (χ3n) is 5.86. The first kappa shape index (κ1) is 40.3. The number of anilines is 1. The predicted molar refractivity (Wildman–Crippen MR) is 166 cm³/mol.